The average Bonchev–Trinajstić information content (AvgIpc) is 2.92. The Morgan fingerprint density at radius 2 is 1.82 bits per heavy atom. The second kappa shape index (κ2) is 6.20. The van der Waals surface area contributed by atoms with Crippen molar-refractivity contribution in [3.05, 3.63) is 70.7 Å². The quantitative estimate of drug-likeness (QED) is 0.869. The molecule has 0 unspecified atom stereocenters. The summed E-state index contributed by atoms with van der Waals surface area (Å²) in [5.41, 5.74) is 1.69. The minimum Gasteiger partial charge on any atom is -0.446 e. The van der Waals surface area contributed by atoms with E-state index in [0.717, 1.165) is 11.1 Å². The molecule has 0 spiro atoms. The lowest BCUT2D eigenvalue weighted by Crippen LogP contribution is -2.35. The molecule has 1 saturated heterocycles. The third kappa shape index (κ3) is 2.97. The van der Waals surface area contributed by atoms with E-state index >= 15 is 0 Å². The van der Waals surface area contributed by atoms with Gasteiger partial charge in [0, 0.05) is 5.02 Å². The van der Waals surface area contributed by atoms with E-state index in [0.29, 0.717) is 5.02 Å². The van der Waals surface area contributed by atoms with Gasteiger partial charge in [0.05, 0.1) is 6.42 Å². The molecule has 1 fully saturated rings. The van der Waals surface area contributed by atoms with Crippen molar-refractivity contribution in [1.29, 1.82) is 0 Å². The predicted molar refractivity (Wildman–Crippen MR) is 82.5 cm³/mol. The van der Waals surface area contributed by atoms with Gasteiger partial charge in [-0.25, -0.2) is 9.69 Å². The summed E-state index contributed by atoms with van der Waals surface area (Å²) < 4.78 is 5.06. The van der Waals surface area contributed by atoms with Crippen LogP contribution in [0.3, 0.4) is 0 Å². The van der Waals surface area contributed by atoms with Gasteiger partial charge in [-0.1, -0.05) is 54.1 Å². The molecule has 0 aliphatic carbocycles. The van der Waals surface area contributed by atoms with Crippen LogP contribution in [0.4, 0.5) is 4.79 Å². The highest BCUT2D eigenvalue weighted by atomic mass is 35.5. The fourth-order valence-corrected chi connectivity index (χ4v) is 2.61. The van der Waals surface area contributed by atoms with Crippen molar-refractivity contribution in [2.75, 3.05) is 6.61 Å². The monoisotopic (exact) mass is 315 g/mol. The van der Waals surface area contributed by atoms with Crippen LogP contribution in [-0.4, -0.2) is 23.5 Å². The number of cyclic esters (lactones) is 1. The first-order chi connectivity index (χ1) is 10.6. The lowest BCUT2D eigenvalue weighted by atomic mass is 10.1. The van der Waals surface area contributed by atoms with Gasteiger partial charge in [-0.05, 0) is 23.3 Å². The summed E-state index contributed by atoms with van der Waals surface area (Å²) in [5, 5.41) is 0.610. The van der Waals surface area contributed by atoms with E-state index in [4.69, 9.17) is 16.3 Å². The van der Waals surface area contributed by atoms with Gasteiger partial charge < -0.3 is 4.74 Å². The van der Waals surface area contributed by atoms with Crippen LogP contribution in [0.1, 0.15) is 17.2 Å². The van der Waals surface area contributed by atoms with E-state index in [-0.39, 0.29) is 25.0 Å². The average molecular weight is 316 g/mol. The van der Waals surface area contributed by atoms with Gasteiger partial charge in [0.15, 0.2) is 0 Å². The Morgan fingerprint density at radius 1 is 1.14 bits per heavy atom. The van der Waals surface area contributed by atoms with E-state index in [1.165, 1.54) is 4.90 Å². The molecule has 1 heterocycles. The smallest absolute Gasteiger partial charge is 0.417 e. The first kappa shape index (κ1) is 14.6. The number of carbonyl (C=O) groups excluding carboxylic acids is 2. The van der Waals surface area contributed by atoms with Crippen LogP contribution in [0.25, 0.3) is 0 Å². The number of carbonyl (C=O) groups is 2. The molecule has 3 rings (SSSR count). The molecular formula is C17H14ClNO3. The zero-order chi connectivity index (χ0) is 15.5. The number of rotatable bonds is 3. The number of amides is 2. The minimum absolute atomic E-state index is 0.135. The Morgan fingerprint density at radius 3 is 2.50 bits per heavy atom. The summed E-state index contributed by atoms with van der Waals surface area (Å²) in [6.07, 6.45) is -0.455. The van der Waals surface area contributed by atoms with Crippen LogP contribution < -0.4 is 0 Å². The summed E-state index contributed by atoms with van der Waals surface area (Å²) >= 11 is 5.83. The topological polar surface area (TPSA) is 46.6 Å². The minimum atomic E-state index is -0.590. The van der Waals surface area contributed by atoms with Crippen LogP contribution >= 0.6 is 11.6 Å². The predicted octanol–water partition coefficient (Wildman–Crippen LogP) is 3.60. The highest BCUT2D eigenvalue weighted by Gasteiger charge is 2.38. The van der Waals surface area contributed by atoms with Gasteiger partial charge in [-0.3, -0.25) is 4.79 Å². The normalized spacial score (nSPS) is 17.4. The van der Waals surface area contributed by atoms with Crippen molar-refractivity contribution >= 4 is 23.6 Å². The first-order valence-electron chi connectivity index (χ1n) is 6.93. The fourth-order valence-electron chi connectivity index (χ4n) is 2.48. The van der Waals surface area contributed by atoms with Crippen LogP contribution in [0.2, 0.25) is 5.02 Å². The molecule has 5 heteroatoms. The number of hydrogen-bond donors (Lipinski definition) is 0. The molecule has 0 aromatic heterocycles. The SMILES string of the molecule is O=C(Cc1ccc(Cl)cc1)N1C(=O)OC[C@H]1c1ccccc1. The summed E-state index contributed by atoms with van der Waals surface area (Å²) in [6.45, 7) is 0.190. The summed E-state index contributed by atoms with van der Waals surface area (Å²) in [5.74, 6) is -0.279. The molecule has 2 amide bonds. The summed E-state index contributed by atoms with van der Waals surface area (Å²) in [4.78, 5) is 25.6. The Kier molecular flexibility index (Phi) is 4.11. The van der Waals surface area contributed by atoms with Crippen LogP contribution in [0.5, 0.6) is 0 Å². The number of nitrogens with zero attached hydrogens (tertiary/aromatic N) is 1. The molecule has 0 saturated carbocycles. The molecule has 0 N–H and O–H groups in total. The third-order valence-corrected chi connectivity index (χ3v) is 3.85. The van der Waals surface area contributed by atoms with Gasteiger partial charge in [-0.2, -0.15) is 0 Å². The van der Waals surface area contributed by atoms with Crippen molar-refractivity contribution in [2.24, 2.45) is 0 Å². The van der Waals surface area contributed by atoms with E-state index in [9.17, 15) is 9.59 Å². The largest absolute Gasteiger partial charge is 0.446 e. The zero-order valence-corrected chi connectivity index (χ0v) is 12.5. The zero-order valence-electron chi connectivity index (χ0n) is 11.7. The molecule has 0 bridgehead atoms. The van der Waals surface area contributed by atoms with Gasteiger partial charge in [0.2, 0.25) is 5.91 Å². The van der Waals surface area contributed by atoms with Crippen LogP contribution in [0.15, 0.2) is 54.6 Å². The second-order valence-electron chi connectivity index (χ2n) is 5.07. The maximum Gasteiger partial charge on any atom is 0.417 e. The summed E-state index contributed by atoms with van der Waals surface area (Å²) in [6, 6.07) is 16.0. The number of benzene rings is 2. The lowest BCUT2D eigenvalue weighted by molar-refractivity contribution is -0.128. The number of halogens is 1. The van der Waals surface area contributed by atoms with Crippen molar-refractivity contribution < 1.29 is 14.3 Å². The molecule has 112 valence electrons. The molecule has 4 nitrogen and oxygen atoms in total. The van der Waals surface area contributed by atoms with Crippen molar-refractivity contribution in [3.8, 4) is 0 Å². The Bertz CT molecular complexity index is 685. The van der Waals surface area contributed by atoms with E-state index in [1.54, 1.807) is 24.3 Å². The Balaban J connectivity index is 1.80. The Labute approximate surface area is 133 Å². The fraction of sp³-hybridized carbons (Fsp3) is 0.176. The highest BCUT2D eigenvalue weighted by molar-refractivity contribution is 6.30. The molecule has 2 aromatic carbocycles. The lowest BCUT2D eigenvalue weighted by Gasteiger charge is -2.20. The summed E-state index contributed by atoms with van der Waals surface area (Å²) in [7, 11) is 0. The third-order valence-electron chi connectivity index (χ3n) is 3.59. The highest BCUT2D eigenvalue weighted by Crippen LogP contribution is 2.28. The Hall–Kier alpha value is -2.33. The number of hydrogen-bond acceptors (Lipinski definition) is 3. The second-order valence-corrected chi connectivity index (χ2v) is 5.51. The molecule has 1 atom stereocenters. The molecule has 0 radical (unpaired) electrons. The molecule has 2 aromatic rings. The van der Waals surface area contributed by atoms with E-state index in [1.807, 2.05) is 30.3 Å². The van der Waals surface area contributed by atoms with Gasteiger partial charge >= 0.3 is 6.09 Å². The van der Waals surface area contributed by atoms with Crippen molar-refractivity contribution in [3.63, 3.8) is 0 Å². The van der Waals surface area contributed by atoms with Gasteiger partial charge in [-0.15, -0.1) is 0 Å². The molecule has 1 aliphatic heterocycles. The molecular weight excluding hydrogens is 302 g/mol. The van der Waals surface area contributed by atoms with Gasteiger partial charge in [0.1, 0.15) is 12.6 Å². The molecule has 1 aliphatic rings. The molecule has 22 heavy (non-hydrogen) atoms. The van der Waals surface area contributed by atoms with Crippen LogP contribution in [-0.2, 0) is 16.0 Å². The number of imide groups is 1. The maximum atomic E-state index is 12.5. The van der Waals surface area contributed by atoms with Crippen LogP contribution in [0, 0.1) is 0 Å². The number of ether oxygens (including phenoxy) is 1. The first-order valence-corrected chi connectivity index (χ1v) is 7.31. The van der Waals surface area contributed by atoms with E-state index in [2.05, 4.69) is 0 Å². The standard InChI is InChI=1S/C17H14ClNO3/c18-14-8-6-12(7-9-14)10-16(20)19-15(11-22-17(19)21)13-4-2-1-3-5-13/h1-9,15H,10-11H2/t15-/m0/s1. The van der Waals surface area contributed by atoms with Gasteiger partial charge in [0.25, 0.3) is 0 Å². The van der Waals surface area contributed by atoms with Crippen molar-refractivity contribution in [1.82, 2.24) is 4.90 Å². The van der Waals surface area contributed by atoms with E-state index < -0.39 is 6.09 Å². The maximum absolute atomic E-state index is 12.5. The van der Waals surface area contributed by atoms with Crippen molar-refractivity contribution in [2.45, 2.75) is 12.5 Å².